The second kappa shape index (κ2) is 5.54. The van der Waals surface area contributed by atoms with Gasteiger partial charge in [-0.3, -0.25) is 0 Å². The summed E-state index contributed by atoms with van der Waals surface area (Å²) in [5, 5.41) is 3.33. The van der Waals surface area contributed by atoms with Crippen molar-refractivity contribution in [1.82, 2.24) is 15.0 Å². The van der Waals surface area contributed by atoms with Crippen LogP contribution in [-0.2, 0) is 0 Å². The van der Waals surface area contributed by atoms with Gasteiger partial charge in [-0.05, 0) is 31.8 Å². The zero-order chi connectivity index (χ0) is 14.9. The summed E-state index contributed by atoms with van der Waals surface area (Å²) < 4.78 is 1.90. The number of nitrogens with two attached hydrogens (primary N) is 2. The van der Waals surface area contributed by atoms with E-state index in [1.165, 1.54) is 0 Å². The molecule has 2 heterocycles. The molecule has 6 N–H and O–H groups in total. The average molecular weight is 288 g/mol. The summed E-state index contributed by atoms with van der Waals surface area (Å²) in [6.45, 7) is 4.43. The van der Waals surface area contributed by atoms with E-state index in [2.05, 4.69) is 28.4 Å². The molecule has 1 aliphatic carbocycles. The number of hydrogen-bond donors (Lipinski definition) is 4. The third kappa shape index (κ3) is 2.69. The van der Waals surface area contributed by atoms with E-state index in [1.807, 2.05) is 16.9 Å². The molecular formula is C15H24N6. The molecule has 6 nitrogen and oxygen atoms in total. The molecule has 0 bridgehead atoms. The highest BCUT2D eigenvalue weighted by Crippen LogP contribution is 2.34. The summed E-state index contributed by atoms with van der Waals surface area (Å²) in [5.41, 5.74) is 16.5. The quantitative estimate of drug-likeness (QED) is 0.613. The van der Waals surface area contributed by atoms with Gasteiger partial charge in [-0.2, -0.15) is 0 Å². The average Bonchev–Trinajstić information content (AvgIpc) is 2.93. The van der Waals surface area contributed by atoms with E-state index in [0.717, 1.165) is 37.2 Å². The Morgan fingerprint density at radius 1 is 1.48 bits per heavy atom. The Morgan fingerprint density at radius 3 is 2.95 bits per heavy atom. The number of fused-ring (bicyclic) bond motifs is 1. The fourth-order valence-corrected chi connectivity index (χ4v) is 3.26. The van der Waals surface area contributed by atoms with Crippen molar-refractivity contribution in [3.63, 3.8) is 0 Å². The topological polar surface area (TPSA) is 93.9 Å². The maximum absolute atomic E-state index is 6.67. The largest absolute Gasteiger partial charge is 0.379 e. The first-order chi connectivity index (χ1) is 10.1. The number of nitrogens with zero attached hydrogens (tertiary/aromatic N) is 2. The fourth-order valence-electron chi connectivity index (χ4n) is 3.26. The smallest absolute Gasteiger partial charge is 0.174 e. The van der Waals surface area contributed by atoms with Gasteiger partial charge < -0.3 is 22.2 Å². The first-order valence-electron chi connectivity index (χ1n) is 7.56. The molecular weight excluding hydrogens is 264 g/mol. The Kier molecular flexibility index (Phi) is 3.73. The monoisotopic (exact) mass is 288 g/mol. The van der Waals surface area contributed by atoms with Crippen LogP contribution < -0.4 is 22.2 Å². The summed E-state index contributed by atoms with van der Waals surface area (Å²) >= 11 is 0. The van der Waals surface area contributed by atoms with E-state index in [1.54, 1.807) is 6.20 Å². The van der Waals surface area contributed by atoms with Gasteiger partial charge in [0.1, 0.15) is 5.66 Å². The molecule has 0 spiro atoms. The Morgan fingerprint density at radius 2 is 2.24 bits per heavy atom. The highest BCUT2D eigenvalue weighted by molar-refractivity contribution is 5.63. The first kappa shape index (κ1) is 14.2. The lowest BCUT2D eigenvalue weighted by atomic mass is 9.78. The standard InChI is InChI=1S/C15H24N6/c1-2-7-18-13-10-15(17,11-3-5-12(16)6-4-11)20-21-9-8-19-14(13)21/h2,8-12,18,20H,1,3-7,16-17H2. The maximum Gasteiger partial charge on any atom is 0.174 e. The molecule has 0 radical (unpaired) electrons. The van der Waals surface area contributed by atoms with Crippen LogP contribution in [0.15, 0.2) is 31.1 Å². The molecule has 1 atom stereocenters. The van der Waals surface area contributed by atoms with Gasteiger partial charge in [0, 0.05) is 30.9 Å². The highest BCUT2D eigenvalue weighted by Gasteiger charge is 2.39. The van der Waals surface area contributed by atoms with Crippen LogP contribution in [0, 0.1) is 5.92 Å². The fraction of sp³-hybridized carbons (Fsp3) is 0.533. The molecule has 114 valence electrons. The minimum Gasteiger partial charge on any atom is -0.379 e. The van der Waals surface area contributed by atoms with Gasteiger partial charge in [0.15, 0.2) is 5.82 Å². The molecule has 0 aromatic carbocycles. The van der Waals surface area contributed by atoms with E-state index >= 15 is 0 Å². The summed E-state index contributed by atoms with van der Waals surface area (Å²) in [6.07, 6.45) is 11.7. The van der Waals surface area contributed by atoms with Crippen LogP contribution in [0.25, 0.3) is 5.70 Å². The highest BCUT2D eigenvalue weighted by atomic mass is 15.5. The van der Waals surface area contributed by atoms with E-state index in [-0.39, 0.29) is 0 Å². The van der Waals surface area contributed by atoms with E-state index < -0.39 is 5.66 Å². The van der Waals surface area contributed by atoms with Crippen molar-refractivity contribution in [3.05, 3.63) is 36.9 Å². The Bertz CT molecular complexity index is 540. The molecule has 1 unspecified atom stereocenters. The number of nitrogens with one attached hydrogen (secondary N) is 2. The third-order valence-electron chi connectivity index (χ3n) is 4.46. The number of hydrogen-bond acceptors (Lipinski definition) is 5. The van der Waals surface area contributed by atoms with Crippen LogP contribution in [-0.4, -0.2) is 27.9 Å². The lowest BCUT2D eigenvalue weighted by Gasteiger charge is -2.42. The molecule has 21 heavy (non-hydrogen) atoms. The minimum absolute atomic E-state index is 0.319. The van der Waals surface area contributed by atoms with Crippen molar-refractivity contribution in [2.75, 3.05) is 12.0 Å². The molecule has 0 saturated heterocycles. The van der Waals surface area contributed by atoms with Crippen LogP contribution in [0.2, 0.25) is 0 Å². The van der Waals surface area contributed by atoms with Gasteiger partial charge in [0.05, 0.1) is 5.70 Å². The second-order valence-corrected chi connectivity index (χ2v) is 6.00. The van der Waals surface area contributed by atoms with Crippen molar-refractivity contribution in [2.45, 2.75) is 37.4 Å². The molecule has 0 amide bonds. The second-order valence-electron chi connectivity index (χ2n) is 6.00. The van der Waals surface area contributed by atoms with Gasteiger partial charge in [-0.15, -0.1) is 6.58 Å². The molecule has 6 heteroatoms. The van der Waals surface area contributed by atoms with Crippen LogP contribution in [0.3, 0.4) is 0 Å². The first-order valence-corrected chi connectivity index (χ1v) is 7.56. The third-order valence-corrected chi connectivity index (χ3v) is 4.46. The molecule has 1 aromatic rings. The predicted octanol–water partition coefficient (Wildman–Crippen LogP) is 0.729. The van der Waals surface area contributed by atoms with Gasteiger partial charge in [0.2, 0.25) is 0 Å². The summed E-state index contributed by atoms with van der Waals surface area (Å²) in [4.78, 5) is 4.37. The van der Waals surface area contributed by atoms with Crippen molar-refractivity contribution in [1.29, 1.82) is 0 Å². The normalized spacial score (nSPS) is 31.8. The zero-order valence-corrected chi connectivity index (χ0v) is 12.3. The molecule has 1 aliphatic heterocycles. The van der Waals surface area contributed by atoms with Crippen LogP contribution >= 0.6 is 0 Å². The van der Waals surface area contributed by atoms with Crippen molar-refractivity contribution in [3.8, 4) is 0 Å². The molecule has 3 rings (SSSR count). The van der Waals surface area contributed by atoms with Gasteiger partial charge in [0.25, 0.3) is 0 Å². The van der Waals surface area contributed by atoms with Crippen molar-refractivity contribution >= 4 is 5.70 Å². The van der Waals surface area contributed by atoms with Crippen LogP contribution in [0.5, 0.6) is 0 Å². The lowest BCUT2D eigenvalue weighted by Crippen LogP contribution is -2.59. The van der Waals surface area contributed by atoms with Crippen LogP contribution in [0.1, 0.15) is 31.5 Å². The summed E-state index contributed by atoms with van der Waals surface area (Å²) in [5.74, 6) is 1.22. The van der Waals surface area contributed by atoms with Crippen LogP contribution in [0.4, 0.5) is 0 Å². The molecule has 1 aromatic heterocycles. The number of rotatable bonds is 4. The van der Waals surface area contributed by atoms with Gasteiger partial charge in [-0.25, -0.2) is 9.66 Å². The van der Waals surface area contributed by atoms with Gasteiger partial charge in [-0.1, -0.05) is 6.08 Å². The Balaban J connectivity index is 1.86. The Labute approximate surface area is 125 Å². The predicted molar refractivity (Wildman–Crippen MR) is 84.6 cm³/mol. The van der Waals surface area contributed by atoms with E-state index in [0.29, 0.717) is 18.5 Å². The van der Waals surface area contributed by atoms with E-state index in [4.69, 9.17) is 11.5 Å². The lowest BCUT2D eigenvalue weighted by molar-refractivity contribution is 0.238. The molecule has 2 aliphatic rings. The number of aromatic nitrogens is 2. The van der Waals surface area contributed by atoms with E-state index in [9.17, 15) is 0 Å². The zero-order valence-electron chi connectivity index (χ0n) is 12.3. The minimum atomic E-state index is -0.572. The summed E-state index contributed by atoms with van der Waals surface area (Å²) in [7, 11) is 0. The Hall–Kier alpha value is -1.79. The molecule has 1 fully saturated rings. The summed E-state index contributed by atoms with van der Waals surface area (Å²) in [6, 6.07) is 0.319. The van der Waals surface area contributed by atoms with Crippen molar-refractivity contribution in [2.24, 2.45) is 17.4 Å². The van der Waals surface area contributed by atoms with Gasteiger partial charge >= 0.3 is 0 Å². The molecule has 1 saturated carbocycles. The maximum atomic E-state index is 6.67. The SMILES string of the molecule is C=CCNC1=CC(N)(C2CCC(N)CC2)Nn2ccnc21. The van der Waals surface area contributed by atoms with Crippen molar-refractivity contribution < 1.29 is 0 Å². The number of imidazole rings is 1.